The van der Waals surface area contributed by atoms with Gasteiger partial charge in [-0.15, -0.1) is 11.3 Å². The first-order valence-corrected chi connectivity index (χ1v) is 17.7. The molecule has 0 unspecified atom stereocenters. The molecular formula is C45H25N3O2S. The second-order valence-corrected chi connectivity index (χ2v) is 13.8. The maximum absolute atomic E-state index is 6.65. The maximum atomic E-state index is 6.65. The molecule has 0 aliphatic carbocycles. The predicted octanol–water partition coefficient (Wildman–Crippen LogP) is 12.7. The standard InChI is InChI=1S/C45H25N3O2S/c1-2-10-26(11-3-1)43-46-44(27-20-22-38-35(24-27)29-12-4-6-18-37(29)49-38)48-45(47-43)28-21-23-39-36(25-28)32-15-8-14-31(41(32)50-39)34-17-9-16-33-30-13-5-7-19-40(30)51-42(33)34/h1-25H. The quantitative estimate of drug-likeness (QED) is 0.186. The number of hydrogen-bond donors (Lipinski definition) is 0. The van der Waals surface area contributed by atoms with Gasteiger partial charge in [0, 0.05) is 69.5 Å². The molecule has 0 N–H and O–H groups in total. The fourth-order valence-electron chi connectivity index (χ4n) is 7.32. The summed E-state index contributed by atoms with van der Waals surface area (Å²) in [5, 5.41) is 6.71. The van der Waals surface area contributed by atoms with E-state index < -0.39 is 0 Å². The fraction of sp³-hybridized carbons (Fsp3) is 0. The first-order valence-electron chi connectivity index (χ1n) is 16.8. The van der Waals surface area contributed by atoms with Gasteiger partial charge in [0.05, 0.1) is 0 Å². The molecule has 0 fully saturated rings. The van der Waals surface area contributed by atoms with Crippen LogP contribution in [0.4, 0.5) is 0 Å². The van der Waals surface area contributed by atoms with Crippen LogP contribution in [0.5, 0.6) is 0 Å². The van der Waals surface area contributed by atoms with Gasteiger partial charge >= 0.3 is 0 Å². The number of fused-ring (bicyclic) bond motifs is 9. The molecule has 0 atom stereocenters. The van der Waals surface area contributed by atoms with Crippen LogP contribution in [0.3, 0.4) is 0 Å². The number of rotatable bonds is 4. The minimum atomic E-state index is 0.596. The predicted molar refractivity (Wildman–Crippen MR) is 209 cm³/mol. The number of benzene rings is 7. The summed E-state index contributed by atoms with van der Waals surface area (Å²) < 4.78 is 15.3. The van der Waals surface area contributed by atoms with Crippen molar-refractivity contribution in [3.63, 3.8) is 0 Å². The number of thiophene rings is 1. The molecule has 51 heavy (non-hydrogen) atoms. The molecule has 0 bridgehead atoms. The van der Waals surface area contributed by atoms with E-state index in [-0.39, 0.29) is 0 Å². The van der Waals surface area contributed by atoms with Crippen LogP contribution >= 0.6 is 11.3 Å². The summed E-state index contributed by atoms with van der Waals surface area (Å²) in [4.78, 5) is 15.1. The Bertz CT molecular complexity index is 3160. The Hall–Kier alpha value is -6.63. The number of hydrogen-bond acceptors (Lipinski definition) is 6. The lowest BCUT2D eigenvalue weighted by Crippen LogP contribution is -2.00. The molecule has 0 spiro atoms. The molecule has 0 saturated carbocycles. The molecule has 4 heterocycles. The molecule has 0 saturated heterocycles. The highest BCUT2D eigenvalue weighted by Gasteiger charge is 2.19. The highest BCUT2D eigenvalue weighted by molar-refractivity contribution is 7.26. The summed E-state index contributed by atoms with van der Waals surface area (Å²) in [6, 6.07) is 52.1. The normalized spacial score (nSPS) is 11.9. The van der Waals surface area contributed by atoms with Crippen molar-refractivity contribution in [2.45, 2.75) is 0 Å². The van der Waals surface area contributed by atoms with Gasteiger partial charge in [0.2, 0.25) is 0 Å². The number of aromatic nitrogens is 3. The van der Waals surface area contributed by atoms with Crippen molar-refractivity contribution >= 4 is 75.4 Å². The van der Waals surface area contributed by atoms with Gasteiger partial charge in [0.1, 0.15) is 22.3 Å². The first-order chi connectivity index (χ1) is 25.2. The highest BCUT2D eigenvalue weighted by Crippen LogP contribution is 2.44. The van der Waals surface area contributed by atoms with Crippen LogP contribution in [-0.4, -0.2) is 15.0 Å². The van der Waals surface area contributed by atoms with E-state index in [1.54, 1.807) is 0 Å². The maximum Gasteiger partial charge on any atom is 0.164 e. The molecule has 238 valence electrons. The third-order valence-electron chi connectivity index (χ3n) is 9.75. The SMILES string of the molecule is c1ccc(-c2nc(-c3ccc4oc5ccccc5c4c3)nc(-c3ccc4oc5c(-c6cccc7c6sc6ccccc67)cccc5c4c3)n2)cc1. The van der Waals surface area contributed by atoms with Crippen LogP contribution in [0, 0.1) is 0 Å². The minimum absolute atomic E-state index is 0.596. The Morgan fingerprint density at radius 2 is 0.941 bits per heavy atom. The zero-order chi connectivity index (χ0) is 33.5. The minimum Gasteiger partial charge on any atom is -0.456 e. The molecule has 6 heteroatoms. The van der Waals surface area contributed by atoms with Gasteiger partial charge in [0.15, 0.2) is 17.5 Å². The lowest BCUT2D eigenvalue weighted by atomic mass is 10.00. The summed E-state index contributed by atoms with van der Waals surface area (Å²) >= 11 is 1.83. The molecular weight excluding hydrogens is 647 g/mol. The van der Waals surface area contributed by atoms with Gasteiger partial charge < -0.3 is 8.83 Å². The van der Waals surface area contributed by atoms with Crippen molar-refractivity contribution in [2.75, 3.05) is 0 Å². The van der Waals surface area contributed by atoms with Crippen molar-refractivity contribution in [1.82, 2.24) is 15.0 Å². The van der Waals surface area contributed by atoms with E-state index >= 15 is 0 Å². The number of furan rings is 2. The third kappa shape index (κ3) is 4.43. The molecule has 0 aliphatic rings. The Morgan fingerprint density at radius 3 is 1.73 bits per heavy atom. The lowest BCUT2D eigenvalue weighted by molar-refractivity contribution is 0.669. The van der Waals surface area contributed by atoms with Crippen LogP contribution in [-0.2, 0) is 0 Å². The van der Waals surface area contributed by atoms with Gasteiger partial charge in [-0.2, -0.15) is 0 Å². The molecule has 7 aromatic carbocycles. The second-order valence-electron chi connectivity index (χ2n) is 12.8. The van der Waals surface area contributed by atoms with E-state index in [1.807, 2.05) is 84.1 Å². The van der Waals surface area contributed by atoms with Crippen molar-refractivity contribution in [2.24, 2.45) is 0 Å². The highest BCUT2D eigenvalue weighted by atomic mass is 32.1. The number of para-hydroxylation sites is 2. The zero-order valence-electron chi connectivity index (χ0n) is 27.0. The van der Waals surface area contributed by atoms with E-state index in [1.165, 1.54) is 25.7 Å². The average molecular weight is 672 g/mol. The summed E-state index contributed by atoms with van der Waals surface area (Å²) in [5.41, 5.74) is 8.34. The summed E-state index contributed by atoms with van der Waals surface area (Å²) in [6.07, 6.45) is 0. The Labute approximate surface area is 295 Å². The van der Waals surface area contributed by atoms with E-state index in [0.717, 1.165) is 66.1 Å². The van der Waals surface area contributed by atoms with E-state index in [4.69, 9.17) is 23.8 Å². The Balaban J connectivity index is 1.09. The molecule has 11 aromatic rings. The van der Waals surface area contributed by atoms with Gasteiger partial charge in [-0.3, -0.25) is 0 Å². The number of nitrogens with zero attached hydrogens (tertiary/aromatic N) is 3. The second kappa shape index (κ2) is 10.9. The molecule has 5 nitrogen and oxygen atoms in total. The Morgan fingerprint density at radius 1 is 0.373 bits per heavy atom. The topological polar surface area (TPSA) is 65.0 Å². The summed E-state index contributed by atoms with van der Waals surface area (Å²) in [7, 11) is 0. The average Bonchev–Trinajstić information content (AvgIpc) is 3.89. The van der Waals surface area contributed by atoms with E-state index in [2.05, 4.69) is 78.9 Å². The first kappa shape index (κ1) is 28.2. The summed E-state index contributed by atoms with van der Waals surface area (Å²) in [5.74, 6) is 1.81. The van der Waals surface area contributed by atoms with Crippen LogP contribution in [0.1, 0.15) is 0 Å². The van der Waals surface area contributed by atoms with Crippen molar-refractivity contribution in [3.05, 3.63) is 152 Å². The van der Waals surface area contributed by atoms with Crippen LogP contribution in [0.15, 0.2) is 160 Å². The smallest absolute Gasteiger partial charge is 0.164 e. The monoisotopic (exact) mass is 671 g/mol. The van der Waals surface area contributed by atoms with Crippen LogP contribution in [0.25, 0.3) is 109 Å². The van der Waals surface area contributed by atoms with Gasteiger partial charge in [-0.1, -0.05) is 103 Å². The van der Waals surface area contributed by atoms with Crippen molar-refractivity contribution < 1.29 is 8.83 Å². The van der Waals surface area contributed by atoms with Crippen molar-refractivity contribution in [3.8, 4) is 45.3 Å². The molecule has 0 aliphatic heterocycles. The van der Waals surface area contributed by atoms with E-state index in [9.17, 15) is 0 Å². The molecule has 4 aromatic heterocycles. The van der Waals surface area contributed by atoms with Crippen LogP contribution in [0.2, 0.25) is 0 Å². The summed E-state index contributed by atoms with van der Waals surface area (Å²) in [6.45, 7) is 0. The molecule has 11 rings (SSSR count). The van der Waals surface area contributed by atoms with Gasteiger partial charge in [-0.25, -0.2) is 15.0 Å². The van der Waals surface area contributed by atoms with Gasteiger partial charge in [0.25, 0.3) is 0 Å². The zero-order valence-corrected chi connectivity index (χ0v) is 27.8. The largest absolute Gasteiger partial charge is 0.456 e. The Kier molecular flexibility index (Phi) is 6.05. The van der Waals surface area contributed by atoms with Gasteiger partial charge in [-0.05, 0) is 48.5 Å². The lowest BCUT2D eigenvalue weighted by Gasteiger charge is -2.08. The fourth-order valence-corrected chi connectivity index (χ4v) is 8.55. The van der Waals surface area contributed by atoms with Crippen LogP contribution < -0.4 is 0 Å². The molecule has 0 radical (unpaired) electrons. The molecule has 0 amide bonds. The van der Waals surface area contributed by atoms with Crippen molar-refractivity contribution in [1.29, 1.82) is 0 Å². The third-order valence-corrected chi connectivity index (χ3v) is 11.0. The van der Waals surface area contributed by atoms with E-state index in [0.29, 0.717) is 17.5 Å².